The van der Waals surface area contributed by atoms with Gasteiger partial charge >= 0.3 is 0 Å². The van der Waals surface area contributed by atoms with Crippen molar-refractivity contribution in [3.8, 4) is 0 Å². The maximum Gasteiger partial charge on any atom is 0.256 e. The molecule has 0 saturated carbocycles. The standard InChI is InChI=1S/C24H26FN3O3/c1-17(18-7-3-2-4-8-18)28-16-19(15-22(28)29)23(30)26-11-13-27(14-12-26)24(31)20-9-5-6-10-21(20)25/h2-10,17,19H,11-16H2,1H3. The van der Waals surface area contributed by atoms with E-state index < -0.39 is 5.82 Å². The summed E-state index contributed by atoms with van der Waals surface area (Å²) in [7, 11) is 0. The fourth-order valence-electron chi connectivity index (χ4n) is 4.38. The van der Waals surface area contributed by atoms with Gasteiger partial charge in [-0.3, -0.25) is 14.4 Å². The predicted octanol–water partition coefficient (Wildman–Crippen LogP) is 2.72. The van der Waals surface area contributed by atoms with Crippen LogP contribution in [0.25, 0.3) is 0 Å². The second kappa shape index (κ2) is 8.88. The molecule has 2 aliphatic heterocycles. The van der Waals surface area contributed by atoms with E-state index in [0.29, 0.717) is 32.7 Å². The zero-order valence-electron chi connectivity index (χ0n) is 17.5. The molecule has 2 aromatic carbocycles. The van der Waals surface area contributed by atoms with Crippen molar-refractivity contribution < 1.29 is 18.8 Å². The number of amides is 3. The summed E-state index contributed by atoms with van der Waals surface area (Å²) < 4.78 is 13.9. The lowest BCUT2D eigenvalue weighted by Crippen LogP contribution is -2.52. The van der Waals surface area contributed by atoms with Crippen LogP contribution in [0.3, 0.4) is 0 Å². The maximum absolute atomic E-state index is 13.9. The molecule has 2 aromatic rings. The van der Waals surface area contributed by atoms with Gasteiger partial charge in [0.05, 0.1) is 17.5 Å². The van der Waals surface area contributed by atoms with Crippen LogP contribution >= 0.6 is 0 Å². The van der Waals surface area contributed by atoms with E-state index in [9.17, 15) is 18.8 Å². The smallest absolute Gasteiger partial charge is 0.256 e. The largest absolute Gasteiger partial charge is 0.339 e. The van der Waals surface area contributed by atoms with E-state index >= 15 is 0 Å². The number of benzene rings is 2. The molecule has 0 radical (unpaired) electrons. The van der Waals surface area contributed by atoms with Crippen LogP contribution < -0.4 is 0 Å². The van der Waals surface area contributed by atoms with Gasteiger partial charge in [0, 0.05) is 39.1 Å². The lowest BCUT2D eigenvalue weighted by molar-refractivity contribution is -0.137. The summed E-state index contributed by atoms with van der Waals surface area (Å²) in [4.78, 5) is 43.3. The quantitative estimate of drug-likeness (QED) is 0.760. The number of likely N-dealkylation sites (tertiary alicyclic amines) is 1. The Kier molecular flexibility index (Phi) is 6.02. The molecule has 2 saturated heterocycles. The van der Waals surface area contributed by atoms with Crippen molar-refractivity contribution in [2.45, 2.75) is 19.4 Å². The Bertz CT molecular complexity index is 973. The third-order valence-electron chi connectivity index (χ3n) is 6.24. The summed E-state index contributed by atoms with van der Waals surface area (Å²) in [6.45, 7) is 3.86. The normalized spacial score (nSPS) is 20.1. The minimum Gasteiger partial charge on any atom is -0.339 e. The Morgan fingerprint density at radius 2 is 1.55 bits per heavy atom. The zero-order valence-corrected chi connectivity index (χ0v) is 17.5. The lowest BCUT2D eigenvalue weighted by Gasteiger charge is -2.36. The third-order valence-corrected chi connectivity index (χ3v) is 6.24. The van der Waals surface area contributed by atoms with Crippen molar-refractivity contribution in [3.05, 3.63) is 71.5 Å². The van der Waals surface area contributed by atoms with Crippen LogP contribution in [0.15, 0.2) is 54.6 Å². The Morgan fingerprint density at radius 3 is 2.23 bits per heavy atom. The van der Waals surface area contributed by atoms with Gasteiger partial charge in [0.25, 0.3) is 5.91 Å². The van der Waals surface area contributed by atoms with Gasteiger partial charge < -0.3 is 14.7 Å². The first kappa shape index (κ1) is 21.0. The van der Waals surface area contributed by atoms with Gasteiger partial charge in [-0.2, -0.15) is 0 Å². The van der Waals surface area contributed by atoms with Gasteiger partial charge in [-0.25, -0.2) is 4.39 Å². The van der Waals surface area contributed by atoms with Gasteiger partial charge in [0.2, 0.25) is 11.8 Å². The average molecular weight is 423 g/mol. The molecule has 2 fully saturated rings. The fraction of sp³-hybridized carbons (Fsp3) is 0.375. The third kappa shape index (κ3) is 4.31. The van der Waals surface area contributed by atoms with Crippen LogP contribution in [-0.2, 0) is 9.59 Å². The van der Waals surface area contributed by atoms with Crippen molar-refractivity contribution in [2.24, 2.45) is 5.92 Å². The number of rotatable bonds is 4. The van der Waals surface area contributed by atoms with Gasteiger partial charge in [-0.05, 0) is 24.6 Å². The molecule has 0 N–H and O–H groups in total. The van der Waals surface area contributed by atoms with Crippen LogP contribution in [0, 0.1) is 11.7 Å². The maximum atomic E-state index is 13.9. The highest BCUT2D eigenvalue weighted by molar-refractivity contribution is 5.95. The van der Waals surface area contributed by atoms with Crippen molar-refractivity contribution >= 4 is 17.7 Å². The lowest BCUT2D eigenvalue weighted by atomic mass is 10.1. The van der Waals surface area contributed by atoms with E-state index in [2.05, 4.69) is 0 Å². The molecule has 162 valence electrons. The van der Waals surface area contributed by atoms with Crippen molar-refractivity contribution in [1.82, 2.24) is 14.7 Å². The first-order chi connectivity index (χ1) is 15.0. The van der Waals surface area contributed by atoms with Crippen LogP contribution in [0.5, 0.6) is 0 Å². The summed E-state index contributed by atoms with van der Waals surface area (Å²) in [6, 6.07) is 15.6. The van der Waals surface area contributed by atoms with Crippen molar-refractivity contribution in [2.75, 3.05) is 32.7 Å². The van der Waals surface area contributed by atoms with Gasteiger partial charge in [0.15, 0.2) is 0 Å². The summed E-state index contributed by atoms with van der Waals surface area (Å²) in [6.07, 6.45) is 0.213. The molecule has 0 aliphatic carbocycles. The summed E-state index contributed by atoms with van der Waals surface area (Å²) >= 11 is 0. The summed E-state index contributed by atoms with van der Waals surface area (Å²) in [5, 5.41) is 0. The summed E-state index contributed by atoms with van der Waals surface area (Å²) in [5.74, 6) is -1.32. The summed E-state index contributed by atoms with van der Waals surface area (Å²) in [5.41, 5.74) is 1.10. The molecule has 0 bridgehead atoms. The van der Waals surface area contributed by atoms with Crippen LogP contribution in [0.4, 0.5) is 4.39 Å². The molecule has 4 rings (SSSR count). The average Bonchev–Trinajstić information content (AvgIpc) is 3.20. The van der Waals surface area contributed by atoms with E-state index in [1.54, 1.807) is 26.8 Å². The first-order valence-corrected chi connectivity index (χ1v) is 10.6. The number of hydrogen-bond acceptors (Lipinski definition) is 3. The highest BCUT2D eigenvalue weighted by atomic mass is 19.1. The fourth-order valence-corrected chi connectivity index (χ4v) is 4.38. The van der Waals surface area contributed by atoms with Crippen molar-refractivity contribution in [3.63, 3.8) is 0 Å². The van der Waals surface area contributed by atoms with Crippen LogP contribution in [-0.4, -0.2) is 65.1 Å². The van der Waals surface area contributed by atoms with Gasteiger partial charge in [-0.1, -0.05) is 42.5 Å². The zero-order chi connectivity index (χ0) is 22.0. The van der Waals surface area contributed by atoms with E-state index in [1.807, 2.05) is 37.3 Å². The monoisotopic (exact) mass is 423 g/mol. The first-order valence-electron chi connectivity index (χ1n) is 10.6. The second-order valence-electron chi connectivity index (χ2n) is 8.13. The predicted molar refractivity (Wildman–Crippen MR) is 114 cm³/mol. The van der Waals surface area contributed by atoms with E-state index in [-0.39, 0.29) is 41.7 Å². The Balaban J connectivity index is 1.34. The van der Waals surface area contributed by atoms with E-state index in [0.717, 1.165) is 5.56 Å². The number of carbonyl (C=O) groups excluding carboxylic acids is 3. The van der Waals surface area contributed by atoms with Crippen LogP contribution in [0.1, 0.15) is 35.3 Å². The number of nitrogens with zero attached hydrogens (tertiary/aromatic N) is 3. The molecule has 7 heteroatoms. The number of hydrogen-bond donors (Lipinski definition) is 0. The highest BCUT2D eigenvalue weighted by Gasteiger charge is 2.39. The number of carbonyl (C=O) groups is 3. The minimum atomic E-state index is -0.539. The van der Waals surface area contributed by atoms with E-state index in [1.165, 1.54) is 12.1 Å². The number of halogens is 1. The molecule has 0 aromatic heterocycles. The molecular formula is C24H26FN3O3. The molecule has 6 nitrogen and oxygen atoms in total. The molecule has 2 aliphatic rings. The minimum absolute atomic E-state index is 0.0110. The van der Waals surface area contributed by atoms with Crippen molar-refractivity contribution in [1.29, 1.82) is 0 Å². The Morgan fingerprint density at radius 1 is 0.935 bits per heavy atom. The van der Waals surface area contributed by atoms with E-state index in [4.69, 9.17) is 0 Å². The molecular weight excluding hydrogens is 397 g/mol. The molecule has 2 unspecified atom stereocenters. The van der Waals surface area contributed by atoms with Gasteiger partial charge in [-0.15, -0.1) is 0 Å². The topological polar surface area (TPSA) is 60.9 Å². The molecule has 2 heterocycles. The Hall–Kier alpha value is -3.22. The highest BCUT2D eigenvalue weighted by Crippen LogP contribution is 2.29. The van der Waals surface area contributed by atoms with Crippen LogP contribution in [0.2, 0.25) is 0 Å². The second-order valence-corrected chi connectivity index (χ2v) is 8.13. The SMILES string of the molecule is CC(c1ccccc1)N1CC(C(=O)N2CCN(C(=O)c3ccccc3F)CC2)CC1=O. The number of piperazine rings is 1. The molecule has 3 amide bonds. The van der Waals surface area contributed by atoms with Gasteiger partial charge in [0.1, 0.15) is 5.82 Å². The molecule has 2 atom stereocenters. The Labute approximate surface area is 181 Å². The molecule has 31 heavy (non-hydrogen) atoms. The molecule has 0 spiro atoms.